The van der Waals surface area contributed by atoms with E-state index in [0.717, 1.165) is 5.56 Å². The van der Waals surface area contributed by atoms with E-state index in [1.54, 1.807) is 13.0 Å². The Hall–Kier alpha value is -1.11. The molecule has 5 nitrogen and oxygen atoms in total. The van der Waals surface area contributed by atoms with Gasteiger partial charge in [-0.3, -0.25) is 4.79 Å². The van der Waals surface area contributed by atoms with Gasteiger partial charge in [0.1, 0.15) is 10.4 Å². The minimum absolute atomic E-state index is 0.0858. The van der Waals surface area contributed by atoms with E-state index in [4.69, 9.17) is 11.6 Å². The second-order valence-corrected chi connectivity index (χ2v) is 7.19. The first-order chi connectivity index (χ1) is 9.27. The van der Waals surface area contributed by atoms with E-state index in [9.17, 15) is 18.3 Å². The molecule has 2 N–H and O–H groups in total. The molecule has 0 aromatic heterocycles. The maximum Gasteiger partial charge on any atom is 0.324 e. The molecule has 0 amide bonds. The van der Waals surface area contributed by atoms with Crippen molar-refractivity contribution in [2.45, 2.75) is 43.0 Å². The summed E-state index contributed by atoms with van der Waals surface area (Å²) in [5.41, 5.74) is -0.574. The molecule has 110 valence electrons. The van der Waals surface area contributed by atoms with Gasteiger partial charge in [-0.15, -0.1) is 0 Å². The minimum Gasteiger partial charge on any atom is -0.480 e. The number of benzene rings is 1. The number of sulfonamides is 1. The smallest absolute Gasteiger partial charge is 0.324 e. The highest BCUT2D eigenvalue weighted by Gasteiger charge is 2.45. The number of halogens is 1. The Bertz CT molecular complexity index is 636. The molecule has 1 aliphatic carbocycles. The van der Waals surface area contributed by atoms with Crippen LogP contribution in [0.25, 0.3) is 0 Å². The van der Waals surface area contributed by atoms with Gasteiger partial charge in [0.05, 0.1) is 5.02 Å². The molecule has 1 fully saturated rings. The van der Waals surface area contributed by atoms with Crippen molar-refractivity contribution in [1.82, 2.24) is 4.72 Å². The summed E-state index contributed by atoms with van der Waals surface area (Å²) in [5.74, 6) is -1.14. The normalized spacial score (nSPS) is 18.1. The SMILES string of the molecule is Cc1ccc(S(=O)(=O)NC2(C(=O)O)CCCC2)c(Cl)c1. The van der Waals surface area contributed by atoms with Crippen LogP contribution in [0.3, 0.4) is 0 Å². The average Bonchev–Trinajstić information content (AvgIpc) is 2.77. The van der Waals surface area contributed by atoms with Crippen LogP contribution in [0.1, 0.15) is 31.2 Å². The molecule has 2 rings (SSSR count). The molecule has 0 unspecified atom stereocenters. The average molecular weight is 318 g/mol. The van der Waals surface area contributed by atoms with Gasteiger partial charge in [0.15, 0.2) is 0 Å². The molecule has 20 heavy (non-hydrogen) atoms. The van der Waals surface area contributed by atoms with Crippen molar-refractivity contribution >= 4 is 27.6 Å². The van der Waals surface area contributed by atoms with Gasteiger partial charge in [0.2, 0.25) is 10.0 Å². The molecular weight excluding hydrogens is 302 g/mol. The molecule has 0 aliphatic heterocycles. The summed E-state index contributed by atoms with van der Waals surface area (Å²) in [5, 5.41) is 9.42. The maximum atomic E-state index is 12.4. The van der Waals surface area contributed by atoms with Crippen LogP contribution in [0.15, 0.2) is 23.1 Å². The molecule has 0 heterocycles. The predicted octanol–water partition coefficient (Wildman–Crippen LogP) is 2.32. The van der Waals surface area contributed by atoms with Gasteiger partial charge in [-0.2, -0.15) is 4.72 Å². The van der Waals surface area contributed by atoms with E-state index in [0.29, 0.717) is 25.7 Å². The van der Waals surface area contributed by atoms with Crippen LogP contribution in [0, 0.1) is 6.92 Å². The van der Waals surface area contributed by atoms with Crippen LogP contribution in [0.5, 0.6) is 0 Å². The Morgan fingerprint density at radius 1 is 1.35 bits per heavy atom. The number of nitrogens with one attached hydrogen (secondary N) is 1. The largest absolute Gasteiger partial charge is 0.480 e. The van der Waals surface area contributed by atoms with E-state index in [2.05, 4.69) is 4.72 Å². The second kappa shape index (κ2) is 5.35. The summed E-state index contributed by atoms with van der Waals surface area (Å²) >= 11 is 5.96. The van der Waals surface area contributed by atoms with Gasteiger partial charge in [-0.1, -0.05) is 30.5 Å². The van der Waals surface area contributed by atoms with Crippen molar-refractivity contribution in [1.29, 1.82) is 0 Å². The van der Waals surface area contributed by atoms with Crippen LogP contribution in [-0.2, 0) is 14.8 Å². The fraction of sp³-hybridized carbons (Fsp3) is 0.462. The molecule has 0 radical (unpaired) electrons. The highest BCUT2D eigenvalue weighted by molar-refractivity contribution is 7.89. The molecular formula is C13H16ClNO4S. The third-order valence-electron chi connectivity index (χ3n) is 3.57. The first kappa shape index (κ1) is 15.3. The van der Waals surface area contributed by atoms with E-state index >= 15 is 0 Å². The number of rotatable bonds is 4. The summed E-state index contributed by atoms with van der Waals surface area (Å²) in [6.07, 6.45) is 1.98. The lowest BCUT2D eigenvalue weighted by atomic mass is 10.0. The maximum absolute atomic E-state index is 12.4. The molecule has 1 saturated carbocycles. The van der Waals surface area contributed by atoms with Gasteiger partial charge >= 0.3 is 5.97 Å². The first-order valence-electron chi connectivity index (χ1n) is 6.30. The van der Waals surface area contributed by atoms with E-state index in [1.165, 1.54) is 12.1 Å². The molecule has 1 aromatic carbocycles. The fourth-order valence-electron chi connectivity index (χ4n) is 2.47. The summed E-state index contributed by atoms with van der Waals surface area (Å²) in [6.45, 7) is 1.80. The topological polar surface area (TPSA) is 83.5 Å². The molecule has 1 aliphatic rings. The van der Waals surface area contributed by atoms with Crippen LogP contribution >= 0.6 is 11.6 Å². The summed E-state index contributed by atoms with van der Waals surface area (Å²) in [6, 6.07) is 4.56. The number of carbonyl (C=O) groups is 1. The standard InChI is InChI=1S/C13H16ClNO4S/c1-9-4-5-11(10(14)8-9)20(18,19)15-13(12(16)17)6-2-3-7-13/h4-5,8,15H,2-3,6-7H2,1H3,(H,16,17). The Labute approximate surface area is 123 Å². The number of hydrogen-bond donors (Lipinski definition) is 2. The van der Waals surface area contributed by atoms with Crippen molar-refractivity contribution in [3.8, 4) is 0 Å². The molecule has 0 bridgehead atoms. The number of carboxylic acid groups (broad SMARTS) is 1. The molecule has 0 spiro atoms. The van der Waals surface area contributed by atoms with Crippen molar-refractivity contribution in [2.75, 3.05) is 0 Å². The fourth-order valence-corrected chi connectivity index (χ4v) is 4.49. The first-order valence-corrected chi connectivity index (χ1v) is 8.16. The lowest BCUT2D eigenvalue weighted by Gasteiger charge is -2.25. The van der Waals surface area contributed by atoms with Crippen LogP contribution in [-0.4, -0.2) is 25.0 Å². The van der Waals surface area contributed by atoms with Gasteiger partial charge in [-0.25, -0.2) is 8.42 Å². The zero-order valence-electron chi connectivity index (χ0n) is 11.0. The monoisotopic (exact) mass is 317 g/mol. The van der Waals surface area contributed by atoms with Crippen molar-refractivity contribution in [3.05, 3.63) is 28.8 Å². The Morgan fingerprint density at radius 3 is 2.45 bits per heavy atom. The van der Waals surface area contributed by atoms with E-state index in [1.807, 2.05) is 0 Å². The van der Waals surface area contributed by atoms with E-state index in [-0.39, 0.29) is 9.92 Å². The van der Waals surface area contributed by atoms with Gasteiger partial charge in [-0.05, 0) is 37.5 Å². The van der Waals surface area contributed by atoms with Crippen LogP contribution in [0.2, 0.25) is 5.02 Å². The Kier molecular flexibility index (Phi) is 4.09. The van der Waals surface area contributed by atoms with Gasteiger partial charge in [0.25, 0.3) is 0 Å². The van der Waals surface area contributed by atoms with E-state index < -0.39 is 21.5 Å². The van der Waals surface area contributed by atoms with Crippen molar-refractivity contribution < 1.29 is 18.3 Å². The van der Waals surface area contributed by atoms with Crippen molar-refractivity contribution in [3.63, 3.8) is 0 Å². The minimum atomic E-state index is -3.96. The molecule has 0 atom stereocenters. The van der Waals surface area contributed by atoms with Crippen molar-refractivity contribution in [2.24, 2.45) is 0 Å². The molecule has 0 saturated heterocycles. The number of aryl methyl sites for hydroxylation is 1. The van der Waals surface area contributed by atoms with Crippen LogP contribution < -0.4 is 4.72 Å². The summed E-state index contributed by atoms with van der Waals surface area (Å²) in [7, 11) is -3.96. The van der Waals surface area contributed by atoms with Gasteiger partial charge in [0, 0.05) is 0 Å². The lowest BCUT2D eigenvalue weighted by Crippen LogP contribution is -2.52. The summed E-state index contributed by atoms with van der Waals surface area (Å²) < 4.78 is 27.1. The number of hydrogen-bond acceptors (Lipinski definition) is 3. The predicted molar refractivity (Wildman–Crippen MR) is 75.3 cm³/mol. The van der Waals surface area contributed by atoms with Crippen LogP contribution in [0.4, 0.5) is 0 Å². The lowest BCUT2D eigenvalue weighted by molar-refractivity contribution is -0.143. The Morgan fingerprint density at radius 2 is 1.95 bits per heavy atom. The quantitative estimate of drug-likeness (QED) is 0.892. The third kappa shape index (κ3) is 2.82. The molecule has 1 aromatic rings. The highest BCUT2D eigenvalue weighted by atomic mass is 35.5. The zero-order chi connectivity index (χ0) is 15.0. The highest BCUT2D eigenvalue weighted by Crippen LogP contribution is 2.32. The zero-order valence-corrected chi connectivity index (χ0v) is 12.6. The Balaban J connectivity index is 2.38. The number of carboxylic acids is 1. The molecule has 7 heteroatoms. The summed E-state index contributed by atoms with van der Waals surface area (Å²) in [4.78, 5) is 11.3. The number of aliphatic carboxylic acids is 1. The second-order valence-electron chi connectivity index (χ2n) is 5.13. The third-order valence-corrected chi connectivity index (χ3v) is 5.59. The van der Waals surface area contributed by atoms with Gasteiger partial charge < -0.3 is 5.11 Å².